The Kier molecular flexibility index (Phi) is 6.98. The van der Waals surface area contributed by atoms with Gasteiger partial charge in [-0.25, -0.2) is 13.2 Å². The third kappa shape index (κ3) is 5.07. The lowest BCUT2D eigenvalue weighted by Crippen LogP contribution is -2.41. The minimum absolute atomic E-state index is 0.0843. The maximum atomic E-state index is 13.6. The summed E-state index contributed by atoms with van der Waals surface area (Å²) in [4.78, 5) is 24.4. The summed E-state index contributed by atoms with van der Waals surface area (Å²) in [5.41, 5.74) is -0.0602. The van der Waals surface area contributed by atoms with E-state index in [1.165, 1.54) is 42.7 Å². The maximum absolute atomic E-state index is 13.6. The molecular weight excluding hydrogens is 444 g/mol. The van der Waals surface area contributed by atoms with Crippen LogP contribution in [-0.4, -0.2) is 33.9 Å². The summed E-state index contributed by atoms with van der Waals surface area (Å²) in [7, 11) is -3.21. The van der Waals surface area contributed by atoms with Crippen LogP contribution in [0.1, 0.15) is 16.1 Å². The van der Waals surface area contributed by atoms with E-state index in [0.29, 0.717) is 5.76 Å². The number of amides is 1. The van der Waals surface area contributed by atoms with Crippen molar-refractivity contribution >= 4 is 39.2 Å². The number of esters is 1. The number of hydrogen-bond donors (Lipinski definition) is 1. The number of carbonyl (C=O) groups excluding carboxylic acids is 2. The molecule has 0 radical (unpaired) electrons. The average Bonchev–Trinajstić information content (AvgIpc) is 3.30. The van der Waals surface area contributed by atoms with Crippen LogP contribution < -0.4 is 9.62 Å². The van der Waals surface area contributed by atoms with Gasteiger partial charge in [0, 0.05) is 0 Å². The molecule has 0 unspecified atom stereocenters. The van der Waals surface area contributed by atoms with Gasteiger partial charge in [0.25, 0.3) is 10.0 Å². The number of halogens is 1. The fraction of sp³-hybridized carbons (Fsp3) is 0.143. The lowest BCUT2D eigenvalue weighted by atomic mass is 10.2. The lowest BCUT2D eigenvalue weighted by Gasteiger charge is -2.25. The van der Waals surface area contributed by atoms with Crippen LogP contribution in [0.25, 0.3) is 0 Å². The number of furan rings is 1. The number of hydrogen-bond acceptors (Lipinski definition) is 6. The van der Waals surface area contributed by atoms with E-state index in [0.717, 1.165) is 11.4 Å². The van der Waals surface area contributed by atoms with Crippen molar-refractivity contribution in [3.63, 3.8) is 0 Å². The number of sulfonamides is 1. The summed E-state index contributed by atoms with van der Waals surface area (Å²) in [6, 6.07) is 15.1. The monoisotopic (exact) mass is 462 g/mol. The molecule has 0 spiro atoms. The number of para-hydroxylation sites is 1. The molecule has 0 aliphatic carbocycles. The molecule has 1 N–H and O–H groups in total. The van der Waals surface area contributed by atoms with Crippen LogP contribution in [0.15, 0.2) is 76.2 Å². The molecular formula is C21H19ClN2O6S. The third-order valence-corrected chi connectivity index (χ3v) is 6.45. The van der Waals surface area contributed by atoms with Gasteiger partial charge in [0.15, 0.2) is 0 Å². The van der Waals surface area contributed by atoms with E-state index in [2.05, 4.69) is 5.32 Å². The third-order valence-electron chi connectivity index (χ3n) is 4.31. The molecule has 31 heavy (non-hydrogen) atoms. The Morgan fingerprint density at radius 2 is 1.77 bits per heavy atom. The minimum Gasteiger partial charge on any atom is -0.467 e. The number of nitrogens with zero attached hydrogens (tertiary/aromatic N) is 1. The van der Waals surface area contributed by atoms with Gasteiger partial charge in [0.2, 0.25) is 5.91 Å². The van der Waals surface area contributed by atoms with Crippen molar-refractivity contribution in [1.82, 2.24) is 5.32 Å². The fourth-order valence-electron chi connectivity index (χ4n) is 2.83. The topological polar surface area (TPSA) is 106 Å². The van der Waals surface area contributed by atoms with Crippen LogP contribution in [0.3, 0.4) is 0 Å². The van der Waals surface area contributed by atoms with Crippen molar-refractivity contribution in [3.8, 4) is 0 Å². The SMILES string of the molecule is COC(=O)c1ccccc1S(=O)(=O)N(CC(=O)NCc1ccco1)c1ccccc1Cl. The average molecular weight is 463 g/mol. The standard InChI is InChI=1S/C21H19ClN2O6S/c1-29-21(26)16-8-2-5-11-19(16)31(27,28)24(18-10-4-3-9-17(18)22)14-20(25)23-13-15-7-6-12-30-15/h2-12H,13-14H2,1H3,(H,23,25). The van der Waals surface area contributed by atoms with Crippen LogP contribution in [0.5, 0.6) is 0 Å². The maximum Gasteiger partial charge on any atom is 0.339 e. The van der Waals surface area contributed by atoms with Crippen LogP contribution in [0, 0.1) is 0 Å². The molecule has 10 heteroatoms. The Labute approximate surface area is 184 Å². The predicted octanol–water partition coefficient (Wildman–Crippen LogP) is 3.23. The quantitative estimate of drug-likeness (QED) is 0.515. The second-order valence-electron chi connectivity index (χ2n) is 6.31. The van der Waals surface area contributed by atoms with Crippen LogP contribution in [0.4, 0.5) is 5.69 Å². The van der Waals surface area contributed by atoms with Crippen molar-refractivity contribution in [2.24, 2.45) is 0 Å². The molecule has 0 aliphatic heterocycles. The molecule has 1 amide bonds. The van der Waals surface area contributed by atoms with Gasteiger partial charge >= 0.3 is 5.97 Å². The zero-order valence-electron chi connectivity index (χ0n) is 16.4. The van der Waals surface area contributed by atoms with Crippen molar-refractivity contribution < 1.29 is 27.2 Å². The molecule has 8 nitrogen and oxygen atoms in total. The second kappa shape index (κ2) is 9.67. The minimum atomic E-state index is -4.37. The number of benzene rings is 2. The predicted molar refractivity (Wildman–Crippen MR) is 114 cm³/mol. The first-order valence-electron chi connectivity index (χ1n) is 9.08. The first kappa shape index (κ1) is 22.4. The number of anilines is 1. The highest BCUT2D eigenvalue weighted by Crippen LogP contribution is 2.31. The van der Waals surface area contributed by atoms with Crippen molar-refractivity contribution in [2.75, 3.05) is 18.0 Å². The van der Waals surface area contributed by atoms with Gasteiger partial charge in [-0.1, -0.05) is 35.9 Å². The highest BCUT2D eigenvalue weighted by molar-refractivity contribution is 7.93. The highest BCUT2D eigenvalue weighted by atomic mass is 35.5. The number of methoxy groups -OCH3 is 1. The van der Waals surface area contributed by atoms with E-state index in [9.17, 15) is 18.0 Å². The Morgan fingerprint density at radius 3 is 2.45 bits per heavy atom. The second-order valence-corrected chi connectivity index (χ2v) is 8.54. The molecule has 0 saturated carbocycles. The molecule has 3 rings (SSSR count). The molecule has 0 fully saturated rings. The molecule has 162 valence electrons. The Balaban J connectivity index is 1.99. The van der Waals surface area contributed by atoms with Crippen LogP contribution in [0.2, 0.25) is 5.02 Å². The summed E-state index contributed by atoms with van der Waals surface area (Å²) in [5, 5.41) is 2.73. The first-order valence-corrected chi connectivity index (χ1v) is 10.9. The number of rotatable bonds is 8. The van der Waals surface area contributed by atoms with Crippen LogP contribution >= 0.6 is 11.6 Å². The molecule has 1 heterocycles. The molecule has 0 bridgehead atoms. The van der Waals surface area contributed by atoms with E-state index >= 15 is 0 Å². The fourth-order valence-corrected chi connectivity index (χ4v) is 4.74. The molecule has 0 atom stereocenters. The zero-order chi connectivity index (χ0) is 22.4. The van der Waals surface area contributed by atoms with Crippen molar-refractivity contribution in [3.05, 3.63) is 83.3 Å². The molecule has 1 aromatic heterocycles. The van der Waals surface area contributed by atoms with E-state index in [1.54, 1.807) is 24.3 Å². The lowest BCUT2D eigenvalue weighted by molar-refractivity contribution is -0.119. The summed E-state index contributed by atoms with van der Waals surface area (Å²) in [6.45, 7) is -0.483. The number of nitrogens with one attached hydrogen (secondary N) is 1. The number of ether oxygens (including phenoxy) is 1. The van der Waals surface area contributed by atoms with Gasteiger partial charge in [-0.2, -0.15) is 0 Å². The van der Waals surface area contributed by atoms with E-state index in [4.69, 9.17) is 20.8 Å². The smallest absolute Gasteiger partial charge is 0.339 e. The molecule has 2 aromatic carbocycles. The van der Waals surface area contributed by atoms with Gasteiger partial charge < -0.3 is 14.5 Å². The van der Waals surface area contributed by atoms with Gasteiger partial charge in [-0.3, -0.25) is 9.10 Å². The van der Waals surface area contributed by atoms with Crippen LogP contribution in [-0.2, 0) is 26.1 Å². The van der Waals surface area contributed by atoms with Crippen molar-refractivity contribution in [2.45, 2.75) is 11.4 Å². The molecule has 0 aliphatic rings. The van der Waals surface area contributed by atoms with E-state index in [-0.39, 0.29) is 27.7 Å². The van der Waals surface area contributed by atoms with Gasteiger partial charge in [0.05, 0.1) is 36.2 Å². The molecule has 3 aromatic rings. The van der Waals surface area contributed by atoms with Gasteiger partial charge in [0.1, 0.15) is 17.2 Å². The summed E-state index contributed by atoms with van der Waals surface area (Å²) in [5.74, 6) is -0.896. The highest BCUT2D eigenvalue weighted by Gasteiger charge is 2.32. The summed E-state index contributed by atoms with van der Waals surface area (Å²) < 4.78 is 37.8. The van der Waals surface area contributed by atoms with E-state index < -0.39 is 28.4 Å². The van der Waals surface area contributed by atoms with Gasteiger partial charge in [-0.15, -0.1) is 0 Å². The first-order chi connectivity index (χ1) is 14.8. The number of carbonyl (C=O) groups is 2. The Bertz CT molecular complexity index is 1180. The van der Waals surface area contributed by atoms with Crippen molar-refractivity contribution in [1.29, 1.82) is 0 Å². The van der Waals surface area contributed by atoms with Gasteiger partial charge in [-0.05, 0) is 36.4 Å². The van der Waals surface area contributed by atoms with E-state index in [1.807, 2.05) is 0 Å². The largest absolute Gasteiger partial charge is 0.467 e. The Hall–Kier alpha value is -3.30. The summed E-state index contributed by atoms with van der Waals surface area (Å²) >= 11 is 6.24. The summed E-state index contributed by atoms with van der Waals surface area (Å²) in [6.07, 6.45) is 1.46. The molecule has 0 saturated heterocycles. The normalized spacial score (nSPS) is 11.0. The Morgan fingerprint density at radius 1 is 1.06 bits per heavy atom. The zero-order valence-corrected chi connectivity index (χ0v) is 18.0.